The average molecular weight is 287 g/mol. The fourth-order valence-electron chi connectivity index (χ4n) is 3.13. The Morgan fingerprint density at radius 2 is 2.05 bits per heavy atom. The number of rotatable bonds is 2. The topological polar surface area (TPSA) is 56.9 Å². The number of nitrogens with zero attached hydrogens (tertiary/aromatic N) is 2. The molecule has 1 aliphatic rings. The van der Waals surface area contributed by atoms with Crippen molar-refractivity contribution in [2.45, 2.75) is 31.8 Å². The Labute approximate surface area is 122 Å². The Balaban J connectivity index is 2.15. The van der Waals surface area contributed by atoms with Crippen LogP contribution in [-0.2, 0) is 0 Å². The van der Waals surface area contributed by atoms with E-state index >= 15 is 0 Å². The van der Waals surface area contributed by atoms with Crippen LogP contribution in [0.15, 0.2) is 30.5 Å². The molecule has 1 unspecified atom stereocenters. The van der Waals surface area contributed by atoms with Gasteiger partial charge in [0.2, 0.25) is 0 Å². The van der Waals surface area contributed by atoms with Crippen molar-refractivity contribution in [3.05, 3.63) is 41.0 Å². The lowest BCUT2D eigenvalue weighted by atomic mass is 9.78. The van der Waals surface area contributed by atoms with Crippen LogP contribution in [0.5, 0.6) is 0 Å². The molecule has 1 aromatic heterocycles. The minimum atomic E-state index is -0.815. The molecule has 0 saturated heterocycles. The van der Waals surface area contributed by atoms with Gasteiger partial charge in [0.15, 0.2) is 0 Å². The third-order valence-electron chi connectivity index (χ3n) is 4.28. The molecule has 1 N–H and O–H groups in total. The van der Waals surface area contributed by atoms with Crippen molar-refractivity contribution < 1.29 is 5.11 Å². The molecule has 0 spiro atoms. The highest BCUT2D eigenvalue weighted by molar-refractivity contribution is 6.35. The lowest BCUT2D eigenvalue weighted by Gasteiger charge is -2.27. The third-order valence-corrected chi connectivity index (χ3v) is 4.61. The fourth-order valence-corrected chi connectivity index (χ4v) is 3.35. The Morgan fingerprint density at radius 3 is 2.75 bits per heavy atom. The van der Waals surface area contributed by atoms with Crippen molar-refractivity contribution in [2.75, 3.05) is 0 Å². The van der Waals surface area contributed by atoms with Crippen LogP contribution in [0.25, 0.3) is 10.9 Å². The van der Waals surface area contributed by atoms with E-state index in [4.69, 9.17) is 11.6 Å². The van der Waals surface area contributed by atoms with E-state index in [0.717, 1.165) is 31.1 Å². The number of pyridine rings is 1. The standard InChI is InChI=1S/C16H15ClN2O/c17-13-6-5-12(14-11(13)4-3-9-19-14)15(20)16(10-18)7-1-2-8-16/h3-6,9,15,20H,1-2,7-8H2. The van der Waals surface area contributed by atoms with Gasteiger partial charge in [0, 0.05) is 22.2 Å². The van der Waals surface area contributed by atoms with Gasteiger partial charge in [-0.2, -0.15) is 5.26 Å². The fraction of sp³-hybridized carbons (Fsp3) is 0.375. The molecule has 0 radical (unpaired) electrons. The number of aromatic nitrogens is 1. The van der Waals surface area contributed by atoms with Gasteiger partial charge in [0.05, 0.1) is 23.1 Å². The maximum atomic E-state index is 10.8. The van der Waals surface area contributed by atoms with E-state index < -0.39 is 11.5 Å². The first kappa shape index (κ1) is 13.4. The minimum absolute atomic E-state index is 0.612. The predicted molar refractivity (Wildman–Crippen MR) is 78.2 cm³/mol. The van der Waals surface area contributed by atoms with E-state index in [1.807, 2.05) is 12.1 Å². The van der Waals surface area contributed by atoms with Crippen LogP contribution < -0.4 is 0 Å². The van der Waals surface area contributed by atoms with E-state index in [2.05, 4.69) is 11.1 Å². The summed E-state index contributed by atoms with van der Waals surface area (Å²) in [6.45, 7) is 0. The quantitative estimate of drug-likeness (QED) is 0.907. The first-order valence-electron chi connectivity index (χ1n) is 6.80. The van der Waals surface area contributed by atoms with Gasteiger partial charge >= 0.3 is 0 Å². The Morgan fingerprint density at radius 1 is 1.30 bits per heavy atom. The number of aliphatic hydroxyl groups excluding tert-OH is 1. The summed E-state index contributed by atoms with van der Waals surface area (Å²) < 4.78 is 0. The first-order chi connectivity index (χ1) is 9.68. The van der Waals surface area contributed by atoms with Gasteiger partial charge in [-0.05, 0) is 31.0 Å². The first-order valence-corrected chi connectivity index (χ1v) is 7.18. The second-order valence-corrected chi connectivity index (χ2v) is 5.82. The maximum absolute atomic E-state index is 10.8. The maximum Gasteiger partial charge on any atom is 0.0997 e. The van der Waals surface area contributed by atoms with Crippen LogP contribution in [-0.4, -0.2) is 10.1 Å². The molecule has 3 nitrogen and oxygen atoms in total. The van der Waals surface area contributed by atoms with Crippen molar-refractivity contribution in [1.29, 1.82) is 5.26 Å². The van der Waals surface area contributed by atoms with E-state index in [1.54, 1.807) is 18.3 Å². The van der Waals surface area contributed by atoms with Gasteiger partial charge in [-0.1, -0.05) is 30.5 Å². The van der Waals surface area contributed by atoms with Gasteiger partial charge in [0.25, 0.3) is 0 Å². The largest absolute Gasteiger partial charge is 0.387 e. The molecule has 1 atom stereocenters. The number of aliphatic hydroxyl groups is 1. The normalized spacial score (nSPS) is 18.9. The molecule has 0 amide bonds. The number of halogens is 1. The van der Waals surface area contributed by atoms with Gasteiger partial charge in [-0.15, -0.1) is 0 Å². The Hall–Kier alpha value is -1.63. The van der Waals surface area contributed by atoms with E-state index in [0.29, 0.717) is 16.1 Å². The summed E-state index contributed by atoms with van der Waals surface area (Å²) in [4.78, 5) is 4.35. The summed E-state index contributed by atoms with van der Waals surface area (Å²) in [5.74, 6) is 0. The number of benzene rings is 1. The SMILES string of the molecule is N#CC1(C(O)c2ccc(Cl)c3cccnc23)CCCC1. The zero-order chi connectivity index (χ0) is 14.2. The molecule has 0 aliphatic heterocycles. The molecule has 0 bridgehead atoms. The van der Waals surface area contributed by atoms with Crippen LogP contribution in [0.2, 0.25) is 5.02 Å². The summed E-state index contributed by atoms with van der Waals surface area (Å²) in [6.07, 6.45) is 4.32. The van der Waals surface area contributed by atoms with Crippen LogP contribution in [0.4, 0.5) is 0 Å². The van der Waals surface area contributed by atoms with Gasteiger partial charge < -0.3 is 5.11 Å². The molecule has 1 aliphatic carbocycles. The average Bonchev–Trinajstić information content (AvgIpc) is 2.97. The lowest BCUT2D eigenvalue weighted by Crippen LogP contribution is -2.24. The summed E-state index contributed by atoms with van der Waals surface area (Å²) in [7, 11) is 0. The number of nitriles is 1. The van der Waals surface area contributed by atoms with Gasteiger partial charge in [-0.25, -0.2) is 0 Å². The molecule has 1 fully saturated rings. The van der Waals surface area contributed by atoms with E-state index in [9.17, 15) is 10.4 Å². The summed E-state index contributed by atoms with van der Waals surface area (Å²) >= 11 is 6.18. The molecule has 1 aromatic carbocycles. The van der Waals surface area contributed by atoms with Crippen molar-refractivity contribution >= 4 is 22.5 Å². The molecular weight excluding hydrogens is 272 g/mol. The highest BCUT2D eigenvalue weighted by Gasteiger charge is 2.42. The van der Waals surface area contributed by atoms with Crippen LogP contribution in [0.1, 0.15) is 37.4 Å². The van der Waals surface area contributed by atoms with E-state index in [-0.39, 0.29) is 0 Å². The Bertz CT molecular complexity index is 686. The third kappa shape index (κ3) is 1.96. The van der Waals surface area contributed by atoms with Crippen molar-refractivity contribution in [3.63, 3.8) is 0 Å². The highest BCUT2D eigenvalue weighted by Crippen LogP contribution is 2.48. The monoisotopic (exact) mass is 286 g/mol. The summed E-state index contributed by atoms with van der Waals surface area (Å²) in [5.41, 5.74) is 0.709. The molecule has 102 valence electrons. The molecule has 3 rings (SSSR count). The molecule has 1 saturated carbocycles. The second-order valence-electron chi connectivity index (χ2n) is 5.41. The Kier molecular flexibility index (Phi) is 3.37. The van der Waals surface area contributed by atoms with Crippen LogP contribution >= 0.6 is 11.6 Å². The molecule has 4 heteroatoms. The smallest absolute Gasteiger partial charge is 0.0997 e. The molecule has 2 aromatic rings. The van der Waals surface area contributed by atoms with Gasteiger partial charge in [-0.3, -0.25) is 4.98 Å². The number of hydrogen-bond donors (Lipinski definition) is 1. The minimum Gasteiger partial charge on any atom is -0.387 e. The highest BCUT2D eigenvalue weighted by atomic mass is 35.5. The number of hydrogen-bond acceptors (Lipinski definition) is 3. The number of fused-ring (bicyclic) bond motifs is 1. The molecule has 20 heavy (non-hydrogen) atoms. The summed E-state index contributed by atoms with van der Waals surface area (Å²) in [5, 5.41) is 21.7. The van der Waals surface area contributed by atoms with Crippen molar-refractivity contribution in [3.8, 4) is 6.07 Å². The van der Waals surface area contributed by atoms with Crippen molar-refractivity contribution in [2.24, 2.45) is 5.41 Å². The molecular formula is C16H15ClN2O. The van der Waals surface area contributed by atoms with Crippen LogP contribution in [0, 0.1) is 16.7 Å². The van der Waals surface area contributed by atoms with Gasteiger partial charge in [0.1, 0.15) is 0 Å². The zero-order valence-corrected chi connectivity index (χ0v) is 11.8. The predicted octanol–water partition coefficient (Wildman–Crippen LogP) is 4.01. The van der Waals surface area contributed by atoms with Crippen LogP contribution in [0.3, 0.4) is 0 Å². The lowest BCUT2D eigenvalue weighted by molar-refractivity contribution is 0.0682. The zero-order valence-electron chi connectivity index (χ0n) is 11.0. The van der Waals surface area contributed by atoms with E-state index in [1.165, 1.54) is 0 Å². The summed E-state index contributed by atoms with van der Waals surface area (Å²) in [6, 6.07) is 9.61. The molecule has 1 heterocycles. The van der Waals surface area contributed by atoms with Crippen molar-refractivity contribution in [1.82, 2.24) is 4.98 Å². The second kappa shape index (κ2) is 5.05.